The molecule has 4 rings (SSSR count). The summed E-state index contributed by atoms with van der Waals surface area (Å²) in [6.07, 6.45) is 2.03. The summed E-state index contributed by atoms with van der Waals surface area (Å²) in [5.41, 5.74) is 1.79. The first-order valence-electron chi connectivity index (χ1n) is 9.41. The van der Waals surface area contributed by atoms with E-state index < -0.39 is 0 Å². The summed E-state index contributed by atoms with van der Waals surface area (Å²) in [5, 5.41) is 10.6. The fourth-order valence-electron chi connectivity index (χ4n) is 3.11. The van der Waals surface area contributed by atoms with Crippen LogP contribution >= 0.6 is 23.1 Å². The molecule has 0 saturated heterocycles. The Kier molecular flexibility index (Phi) is 5.69. The molecule has 0 radical (unpaired) electrons. The highest BCUT2D eigenvalue weighted by Crippen LogP contribution is 2.27. The van der Waals surface area contributed by atoms with E-state index in [9.17, 15) is 9.59 Å². The van der Waals surface area contributed by atoms with E-state index in [4.69, 9.17) is 0 Å². The molecule has 1 amide bonds. The van der Waals surface area contributed by atoms with Crippen LogP contribution in [0.4, 0.5) is 5.13 Å². The predicted octanol–water partition coefficient (Wildman–Crippen LogP) is 5.08. The van der Waals surface area contributed by atoms with E-state index in [2.05, 4.69) is 15.4 Å². The van der Waals surface area contributed by atoms with Gasteiger partial charge >= 0.3 is 0 Å². The molecule has 2 aromatic carbocycles. The molecule has 1 N–H and O–H groups in total. The Labute approximate surface area is 182 Å². The minimum Gasteiger partial charge on any atom is -0.296 e. The number of benzene rings is 2. The third-order valence-corrected chi connectivity index (χ3v) is 6.14. The summed E-state index contributed by atoms with van der Waals surface area (Å²) in [6, 6.07) is 15.0. The maximum Gasteiger partial charge on any atom is 0.278 e. The SMILES string of the molecule is CSc1ccc(-c2csc(NC(=O)c3nn(C(C)C)c(=O)c4ccccc34)n2)cc1. The summed E-state index contributed by atoms with van der Waals surface area (Å²) in [6.45, 7) is 3.72. The number of amides is 1. The van der Waals surface area contributed by atoms with Crippen molar-refractivity contribution in [1.29, 1.82) is 0 Å². The van der Waals surface area contributed by atoms with Crippen LogP contribution in [0.3, 0.4) is 0 Å². The van der Waals surface area contributed by atoms with Crippen LogP contribution in [-0.4, -0.2) is 26.9 Å². The third-order valence-electron chi connectivity index (χ3n) is 4.64. The molecule has 0 aliphatic carbocycles. The first-order chi connectivity index (χ1) is 14.5. The minimum atomic E-state index is -0.390. The number of rotatable bonds is 5. The Bertz CT molecular complexity index is 1280. The van der Waals surface area contributed by atoms with Gasteiger partial charge in [-0.05, 0) is 38.3 Å². The molecule has 6 nitrogen and oxygen atoms in total. The van der Waals surface area contributed by atoms with Crippen molar-refractivity contribution in [2.75, 3.05) is 11.6 Å². The molecule has 0 spiro atoms. The van der Waals surface area contributed by atoms with Crippen molar-refractivity contribution < 1.29 is 4.79 Å². The lowest BCUT2D eigenvalue weighted by Gasteiger charge is -2.12. The van der Waals surface area contributed by atoms with Gasteiger partial charge in [-0.1, -0.05) is 30.3 Å². The molecule has 0 aliphatic rings. The van der Waals surface area contributed by atoms with Crippen LogP contribution in [0.15, 0.2) is 63.6 Å². The number of hydrogen-bond acceptors (Lipinski definition) is 6. The van der Waals surface area contributed by atoms with Gasteiger partial charge in [0.2, 0.25) is 0 Å². The van der Waals surface area contributed by atoms with Gasteiger partial charge in [-0.25, -0.2) is 9.67 Å². The van der Waals surface area contributed by atoms with Crippen LogP contribution in [0.25, 0.3) is 22.0 Å². The Morgan fingerprint density at radius 2 is 1.80 bits per heavy atom. The first kappa shape index (κ1) is 20.3. The Morgan fingerprint density at radius 3 is 2.47 bits per heavy atom. The van der Waals surface area contributed by atoms with Crippen molar-refractivity contribution in [3.8, 4) is 11.3 Å². The van der Waals surface area contributed by atoms with E-state index in [0.717, 1.165) is 11.3 Å². The van der Waals surface area contributed by atoms with Crippen molar-refractivity contribution in [2.45, 2.75) is 24.8 Å². The zero-order valence-corrected chi connectivity index (χ0v) is 18.4. The molecule has 0 aliphatic heterocycles. The third kappa shape index (κ3) is 3.88. The molecule has 152 valence electrons. The molecule has 2 heterocycles. The molecule has 30 heavy (non-hydrogen) atoms. The standard InChI is InChI=1S/C22H20N4O2S2/c1-13(2)26-21(28)17-7-5-4-6-16(17)19(25-26)20(27)24-22-23-18(12-30-22)14-8-10-15(29-3)11-9-14/h4-13H,1-3H3,(H,23,24,27). The number of thioether (sulfide) groups is 1. The van der Waals surface area contributed by atoms with E-state index in [1.165, 1.54) is 20.9 Å². The van der Waals surface area contributed by atoms with E-state index >= 15 is 0 Å². The first-order valence-corrected chi connectivity index (χ1v) is 11.5. The maximum atomic E-state index is 13.0. The summed E-state index contributed by atoms with van der Waals surface area (Å²) in [7, 11) is 0. The molecular formula is C22H20N4O2S2. The molecule has 0 saturated carbocycles. The van der Waals surface area contributed by atoms with Gasteiger partial charge in [0.1, 0.15) is 0 Å². The van der Waals surface area contributed by atoms with Gasteiger partial charge in [-0.15, -0.1) is 23.1 Å². The van der Waals surface area contributed by atoms with Gasteiger partial charge in [0.25, 0.3) is 11.5 Å². The summed E-state index contributed by atoms with van der Waals surface area (Å²) in [4.78, 5) is 31.4. The number of nitrogens with one attached hydrogen (secondary N) is 1. The van der Waals surface area contributed by atoms with Crippen LogP contribution in [0.5, 0.6) is 0 Å². The van der Waals surface area contributed by atoms with Crippen molar-refractivity contribution in [3.05, 3.63) is 70.0 Å². The van der Waals surface area contributed by atoms with Crippen molar-refractivity contribution >= 4 is 44.9 Å². The number of thiazole rings is 1. The second kappa shape index (κ2) is 8.41. The zero-order chi connectivity index (χ0) is 21.3. The molecule has 4 aromatic rings. The quantitative estimate of drug-likeness (QED) is 0.442. The smallest absolute Gasteiger partial charge is 0.278 e. The molecule has 0 unspecified atom stereocenters. The second-order valence-corrected chi connectivity index (χ2v) is 8.70. The topological polar surface area (TPSA) is 76.9 Å². The van der Waals surface area contributed by atoms with E-state index in [-0.39, 0.29) is 23.2 Å². The number of fused-ring (bicyclic) bond motifs is 1. The van der Waals surface area contributed by atoms with Gasteiger partial charge in [-0.3, -0.25) is 14.9 Å². The number of aromatic nitrogens is 3. The van der Waals surface area contributed by atoms with Crippen LogP contribution in [0.1, 0.15) is 30.4 Å². The van der Waals surface area contributed by atoms with Gasteiger partial charge in [-0.2, -0.15) is 5.10 Å². The largest absolute Gasteiger partial charge is 0.296 e. The monoisotopic (exact) mass is 436 g/mol. The van der Waals surface area contributed by atoms with Gasteiger partial charge in [0.15, 0.2) is 10.8 Å². The number of carbonyl (C=O) groups is 1. The highest BCUT2D eigenvalue weighted by Gasteiger charge is 2.19. The second-order valence-electron chi connectivity index (χ2n) is 6.96. The van der Waals surface area contributed by atoms with Crippen molar-refractivity contribution in [2.24, 2.45) is 0 Å². The van der Waals surface area contributed by atoms with Gasteiger partial charge < -0.3 is 0 Å². The average molecular weight is 437 g/mol. The van der Waals surface area contributed by atoms with Gasteiger partial charge in [0.05, 0.1) is 17.1 Å². The maximum absolute atomic E-state index is 13.0. The van der Waals surface area contributed by atoms with Crippen LogP contribution in [0.2, 0.25) is 0 Å². The number of anilines is 1. The fourth-order valence-corrected chi connectivity index (χ4v) is 4.23. The molecule has 0 fully saturated rings. The van der Waals surface area contributed by atoms with E-state index in [1.54, 1.807) is 36.0 Å². The predicted molar refractivity (Wildman–Crippen MR) is 124 cm³/mol. The number of carbonyl (C=O) groups excluding carboxylic acids is 1. The Hall–Kier alpha value is -2.97. The number of hydrogen-bond donors (Lipinski definition) is 1. The highest BCUT2D eigenvalue weighted by atomic mass is 32.2. The minimum absolute atomic E-state index is 0.163. The van der Waals surface area contributed by atoms with E-state index in [1.807, 2.05) is 49.7 Å². The lowest BCUT2D eigenvalue weighted by atomic mass is 10.1. The van der Waals surface area contributed by atoms with Gasteiger partial charge in [0, 0.05) is 21.2 Å². The Balaban J connectivity index is 1.66. The molecular weight excluding hydrogens is 416 g/mol. The summed E-state index contributed by atoms with van der Waals surface area (Å²) in [5.74, 6) is -0.390. The van der Waals surface area contributed by atoms with E-state index in [0.29, 0.717) is 15.9 Å². The fraction of sp³-hybridized carbons (Fsp3) is 0.182. The van der Waals surface area contributed by atoms with Crippen molar-refractivity contribution in [3.63, 3.8) is 0 Å². The lowest BCUT2D eigenvalue weighted by Crippen LogP contribution is -2.28. The van der Waals surface area contributed by atoms with Crippen LogP contribution in [-0.2, 0) is 0 Å². The molecule has 8 heteroatoms. The molecule has 2 aromatic heterocycles. The normalized spacial score (nSPS) is 11.2. The van der Waals surface area contributed by atoms with Crippen molar-refractivity contribution in [1.82, 2.24) is 14.8 Å². The summed E-state index contributed by atoms with van der Waals surface area (Å²) >= 11 is 3.03. The Morgan fingerprint density at radius 1 is 1.10 bits per heavy atom. The lowest BCUT2D eigenvalue weighted by molar-refractivity contribution is 0.102. The highest BCUT2D eigenvalue weighted by molar-refractivity contribution is 7.98. The van der Waals surface area contributed by atoms with Crippen LogP contribution in [0, 0.1) is 0 Å². The molecule has 0 atom stereocenters. The average Bonchev–Trinajstić information content (AvgIpc) is 3.22. The zero-order valence-electron chi connectivity index (χ0n) is 16.7. The van der Waals surface area contributed by atoms with Crippen LogP contribution < -0.4 is 10.9 Å². The summed E-state index contributed by atoms with van der Waals surface area (Å²) < 4.78 is 1.35. The molecule has 0 bridgehead atoms. The number of nitrogens with zero attached hydrogens (tertiary/aromatic N) is 3.